The number of hydrogen-bond donors (Lipinski definition) is 5. The molecule has 174 valence electrons. The van der Waals surface area contributed by atoms with Gasteiger partial charge in [-0.2, -0.15) is 0 Å². The first-order valence-electron chi connectivity index (χ1n) is 11.3. The van der Waals surface area contributed by atoms with Gasteiger partial charge in [-0.15, -0.1) is 0 Å². The van der Waals surface area contributed by atoms with Crippen LogP contribution < -0.4 is 10.6 Å². The number of aliphatic hydroxyl groups excluding tert-OH is 2. The van der Waals surface area contributed by atoms with Crippen LogP contribution in [0.15, 0.2) is 36.4 Å². The average molecular weight is 442 g/mol. The number of pyridine rings is 1. The fraction of sp³-hybridized carbons (Fsp3) is 0.520. The van der Waals surface area contributed by atoms with E-state index in [2.05, 4.69) is 35.5 Å². The van der Waals surface area contributed by atoms with Gasteiger partial charge in [-0.1, -0.05) is 30.7 Å². The Morgan fingerprint density at radius 1 is 1.22 bits per heavy atom. The van der Waals surface area contributed by atoms with Gasteiger partial charge in [0.2, 0.25) is 5.91 Å². The molecule has 1 unspecified atom stereocenters. The fourth-order valence-corrected chi connectivity index (χ4v) is 3.92. The Labute approximate surface area is 189 Å². The van der Waals surface area contributed by atoms with Crippen LogP contribution in [0.5, 0.6) is 5.75 Å². The van der Waals surface area contributed by atoms with E-state index in [0.29, 0.717) is 18.0 Å². The SMILES string of the molecule is CC(C)(Cc1cccc(CC(=O)NCC2CCC2)c1)NCC(O)c1ccc(O)c(CO)n1. The lowest BCUT2D eigenvalue weighted by molar-refractivity contribution is -0.120. The van der Waals surface area contributed by atoms with Crippen LogP contribution in [0.4, 0.5) is 0 Å². The van der Waals surface area contributed by atoms with Crippen molar-refractivity contribution in [3.8, 4) is 5.75 Å². The maximum atomic E-state index is 12.2. The summed E-state index contributed by atoms with van der Waals surface area (Å²) in [6.07, 6.45) is 3.95. The van der Waals surface area contributed by atoms with E-state index in [-0.39, 0.29) is 36.0 Å². The van der Waals surface area contributed by atoms with Gasteiger partial charge in [-0.05, 0) is 62.3 Å². The minimum atomic E-state index is -0.870. The minimum absolute atomic E-state index is 0.0678. The van der Waals surface area contributed by atoms with E-state index < -0.39 is 6.10 Å². The highest BCUT2D eigenvalue weighted by molar-refractivity contribution is 5.78. The third-order valence-corrected chi connectivity index (χ3v) is 6.05. The number of nitrogens with one attached hydrogen (secondary N) is 2. The van der Waals surface area contributed by atoms with Crippen molar-refractivity contribution < 1.29 is 20.1 Å². The molecule has 7 heteroatoms. The highest BCUT2D eigenvalue weighted by atomic mass is 16.3. The van der Waals surface area contributed by atoms with Gasteiger partial charge < -0.3 is 26.0 Å². The molecular formula is C25H35N3O4. The molecule has 1 amide bonds. The number of β-amino-alcohol motifs (C(OH)–C–C–N with tert-alkyl or cyclic N) is 1. The Morgan fingerprint density at radius 3 is 2.66 bits per heavy atom. The number of benzene rings is 1. The molecule has 7 nitrogen and oxygen atoms in total. The molecule has 2 aromatic rings. The Balaban J connectivity index is 1.51. The molecule has 1 heterocycles. The van der Waals surface area contributed by atoms with Gasteiger partial charge in [-0.3, -0.25) is 4.79 Å². The van der Waals surface area contributed by atoms with Crippen LogP contribution in [0, 0.1) is 5.92 Å². The number of carbonyl (C=O) groups excluding carboxylic acids is 1. The van der Waals surface area contributed by atoms with Gasteiger partial charge >= 0.3 is 0 Å². The van der Waals surface area contributed by atoms with Gasteiger partial charge in [-0.25, -0.2) is 4.98 Å². The van der Waals surface area contributed by atoms with Crippen LogP contribution in [0.3, 0.4) is 0 Å². The summed E-state index contributed by atoms with van der Waals surface area (Å²) in [6, 6.07) is 11.0. The topological polar surface area (TPSA) is 115 Å². The Hall–Kier alpha value is -2.48. The Morgan fingerprint density at radius 2 is 1.97 bits per heavy atom. The van der Waals surface area contributed by atoms with Gasteiger partial charge in [0.15, 0.2) is 0 Å². The number of hydrogen-bond acceptors (Lipinski definition) is 6. The number of aromatic hydroxyl groups is 1. The summed E-state index contributed by atoms with van der Waals surface area (Å²) in [5.41, 5.74) is 2.35. The van der Waals surface area contributed by atoms with Crippen molar-refractivity contribution in [2.45, 2.75) is 64.2 Å². The van der Waals surface area contributed by atoms with Crippen molar-refractivity contribution in [1.82, 2.24) is 15.6 Å². The molecule has 32 heavy (non-hydrogen) atoms. The molecule has 1 aromatic carbocycles. The fourth-order valence-electron chi connectivity index (χ4n) is 3.92. The molecule has 0 bridgehead atoms. The molecule has 1 saturated carbocycles. The third-order valence-electron chi connectivity index (χ3n) is 6.05. The molecule has 0 saturated heterocycles. The first-order chi connectivity index (χ1) is 15.3. The van der Waals surface area contributed by atoms with E-state index in [1.165, 1.54) is 25.3 Å². The zero-order chi connectivity index (χ0) is 23.1. The second kappa shape index (κ2) is 10.9. The van der Waals surface area contributed by atoms with Crippen LogP contribution in [0.25, 0.3) is 0 Å². The van der Waals surface area contributed by atoms with Gasteiger partial charge in [0.1, 0.15) is 17.5 Å². The highest BCUT2D eigenvalue weighted by Gasteiger charge is 2.21. The monoisotopic (exact) mass is 441 g/mol. The van der Waals surface area contributed by atoms with E-state index >= 15 is 0 Å². The molecule has 1 aliphatic carbocycles. The molecule has 1 aliphatic rings. The second-order valence-electron chi connectivity index (χ2n) is 9.42. The van der Waals surface area contributed by atoms with Crippen LogP contribution in [-0.2, 0) is 24.2 Å². The summed E-state index contributed by atoms with van der Waals surface area (Å²) in [6.45, 7) is 4.79. The molecule has 1 fully saturated rings. The van der Waals surface area contributed by atoms with Crippen molar-refractivity contribution >= 4 is 5.91 Å². The zero-order valence-corrected chi connectivity index (χ0v) is 19.0. The first-order valence-corrected chi connectivity index (χ1v) is 11.3. The molecule has 0 radical (unpaired) electrons. The van der Waals surface area contributed by atoms with Crippen molar-refractivity contribution in [3.63, 3.8) is 0 Å². The van der Waals surface area contributed by atoms with Crippen molar-refractivity contribution in [2.24, 2.45) is 5.92 Å². The predicted molar refractivity (Wildman–Crippen MR) is 123 cm³/mol. The van der Waals surface area contributed by atoms with Crippen LogP contribution in [-0.4, -0.2) is 44.8 Å². The summed E-state index contributed by atoms with van der Waals surface area (Å²) in [5, 5.41) is 35.8. The van der Waals surface area contributed by atoms with Crippen molar-refractivity contribution in [1.29, 1.82) is 0 Å². The van der Waals surface area contributed by atoms with Crippen LogP contribution >= 0.6 is 0 Å². The van der Waals surface area contributed by atoms with E-state index in [1.54, 1.807) is 6.07 Å². The second-order valence-corrected chi connectivity index (χ2v) is 9.42. The quantitative estimate of drug-likeness (QED) is 0.366. The maximum absolute atomic E-state index is 12.2. The molecule has 0 aliphatic heterocycles. The Kier molecular flexibility index (Phi) is 8.23. The number of nitrogens with zero attached hydrogens (tertiary/aromatic N) is 1. The third kappa shape index (κ3) is 7.02. The minimum Gasteiger partial charge on any atom is -0.506 e. The molecule has 1 aromatic heterocycles. The maximum Gasteiger partial charge on any atom is 0.224 e. The lowest BCUT2D eigenvalue weighted by Gasteiger charge is -2.28. The summed E-state index contributed by atoms with van der Waals surface area (Å²) in [7, 11) is 0. The van der Waals surface area contributed by atoms with Gasteiger partial charge in [0.05, 0.1) is 18.7 Å². The molecule has 3 rings (SSSR count). The average Bonchev–Trinajstić information content (AvgIpc) is 2.71. The van der Waals surface area contributed by atoms with Crippen LogP contribution in [0.1, 0.15) is 61.7 Å². The van der Waals surface area contributed by atoms with E-state index in [9.17, 15) is 20.1 Å². The van der Waals surface area contributed by atoms with E-state index in [0.717, 1.165) is 24.1 Å². The smallest absolute Gasteiger partial charge is 0.224 e. The van der Waals surface area contributed by atoms with Gasteiger partial charge in [0.25, 0.3) is 0 Å². The summed E-state index contributed by atoms with van der Waals surface area (Å²) < 4.78 is 0. The summed E-state index contributed by atoms with van der Waals surface area (Å²) >= 11 is 0. The standard InChI is InChI=1S/C25H35N3O4/c1-25(2,27-15-23(31)20-9-10-22(30)21(16-29)28-20)13-19-8-4-7-18(11-19)12-24(32)26-14-17-5-3-6-17/h4,7-11,17,23,27,29-31H,3,5-6,12-16H2,1-2H3,(H,26,32). The zero-order valence-electron chi connectivity index (χ0n) is 19.0. The number of amides is 1. The number of aromatic nitrogens is 1. The summed E-state index contributed by atoms with van der Waals surface area (Å²) in [5.74, 6) is 0.631. The first kappa shape index (κ1) is 24.2. The summed E-state index contributed by atoms with van der Waals surface area (Å²) in [4.78, 5) is 16.4. The lowest BCUT2D eigenvalue weighted by atomic mass is 9.85. The Bertz CT molecular complexity index is 912. The lowest BCUT2D eigenvalue weighted by Crippen LogP contribution is -2.43. The van der Waals surface area contributed by atoms with E-state index in [4.69, 9.17) is 0 Å². The van der Waals surface area contributed by atoms with Gasteiger partial charge in [0, 0.05) is 18.6 Å². The molecule has 5 N–H and O–H groups in total. The van der Waals surface area contributed by atoms with Crippen LogP contribution in [0.2, 0.25) is 0 Å². The molecule has 0 spiro atoms. The highest BCUT2D eigenvalue weighted by Crippen LogP contribution is 2.25. The normalized spacial score (nSPS) is 15.2. The van der Waals surface area contributed by atoms with E-state index in [1.807, 2.05) is 18.2 Å². The number of aliphatic hydroxyl groups is 2. The molecule has 1 atom stereocenters. The predicted octanol–water partition coefficient (Wildman–Crippen LogP) is 2.38. The molecular weight excluding hydrogens is 406 g/mol. The number of rotatable bonds is 11. The van der Waals surface area contributed by atoms with Crippen molar-refractivity contribution in [2.75, 3.05) is 13.1 Å². The number of carbonyl (C=O) groups is 1. The largest absolute Gasteiger partial charge is 0.506 e. The van der Waals surface area contributed by atoms with Crippen molar-refractivity contribution in [3.05, 3.63) is 58.9 Å².